The molecule has 0 saturated carbocycles. The van der Waals surface area contributed by atoms with E-state index >= 15 is 0 Å². The zero-order chi connectivity index (χ0) is 12.3. The largest absolute Gasteiger partial charge is 0.378 e. The summed E-state index contributed by atoms with van der Waals surface area (Å²) in [6, 6.07) is 7.53. The van der Waals surface area contributed by atoms with Crippen molar-refractivity contribution in [2.75, 3.05) is 31.3 Å². The lowest BCUT2D eigenvalue weighted by Gasteiger charge is -2.13. The number of benzene rings is 1. The van der Waals surface area contributed by atoms with Crippen LogP contribution >= 0.6 is 24.2 Å². The van der Waals surface area contributed by atoms with E-state index in [0.29, 0.717) is 5.56 Å². The van der Waals surface area contributed by atoms with Crippen LogP contribution in [-0.4, -0.2) is 37.5 Å². The minimum absolute atomic E-state index is 0. The van der Waals surface area contributed by atoms with Gasteiger partial charge in [0.2, 0.25) is 0 Å². The van der Waals surface area contributed by atoms with E-state index < -0.39 is 0 Å². The van der Waals surface area contributed by atoms with Crippen molar-refractivity contribution < 1.29 is 4.79 Å². The van der Waals surface area contributed by atoms with Gasteiger partial charge in [-0.2, -0.15) is 0 Å². The fraction of sp³-hybridized carbons (Fsp3) is 0.333. The zero-order valence-electron chi connectivity index (χ0n) is 10.3. The Morgan fingerprint density at radius 3 is 2.83 bits per heavy atom. The molecule has 18 heavy (non-hydrogen) atoms. The molecule has 4 nitrogen and oxygen atoms in total. The highest BCUT2D eigenvalue weighted by molar-refractivity contribution is 8.14. The monoisotopic (exact) mass is 285 g/mol. The van der Waals surface area contributed by atoms with Gasteiger partial charge >= 0.3 is 0 Å². The van der Waals surface area contributed by atoms with E-state index in [1.807, 2.05) is 43.3 Å². The molecule has 0 aliphatic carbocycles. The predicted octanol–water partition coefficient (Wildman–Crippen LogP) is 2.01. The van der Waals surface area contributed by atoms with Crippen molar-refractivity contribution in [3.05, 3.63) is 29.8 Å². The molecule has 1 aromatic rings. The molecular weight excluding hydrogens is 270 g/mol. The second-order valence-electron chi connectivity index (χ2n) is 3.93. The number of nitrogens with zero attached hydrogens (tertiary/aromatic N) is 2. The van der Waals surface area contributed by atoms with Gasteiger partial charge in [-0.25, -0.2) is 0 Å². The van der Waals surface area contributed by atoms with Crippen LogP contribution in [0.25, 0.3) is 0 Å². The maximum Gasteiger partial charge on any atom is 0.257 e. The first-order valence-corrected chi connectivity index (χ1v) is 6.41. The van der Waals surface area contributed by atoms with E-state index in [2.05, 4.69) is 10.3 Å². The van der Waals surface area contributed by atoms with Crippen molar-refractivity contribution in [3.63, 3.8) is 0 Å². The number of hydrogen-bond acceptors (Lipinski definition) is 4. The van der Waals surface area contributed by atoms with Crippen LogP contribution in [0.3, 0.4) is 0 Å². The van der Waals surface area contributed by atoms with Gasteiger partial charge in [-0.1, -0.05) is 17.8 Å². The number of nitrogens with one attached hydrogen (secondary N) is 1. The summed E-state index contributed by atoms with van der Waals surface area (Å²) in [5.74, 6) is 0.856. The standard InChI is InChI=1S/C12H15N3OS.ClH/c1-15(2)10-5-3-4-9(8-10)11(16)14-12-13-6-7-17-12;/h3-5,8H,6-7H2,1-2H3,(H,13,14,16);1H. The Balaban J connectivity index is 0.00000162. The SMILES string of the molecule is CN(C)c1cccc(C(=O)NC2=NCCS2)c1.Cl. The third-order valence-electron chi connectivity index (χ3n) is 2.43. The Bertz CT molecular complexity index is 462. The number of amidine groups is 1. The summed E-state index contributed by atoms with van der Waals surface area (Å²) >= 11 is 1.58. The summed E-state index contributed by atoms with van der Waals surface area (Å²) in [6.07, 6.45) is 0. The number of amides is 1. The van der Waals surface area contributed by atoms with Gasteiger partial charge in [-0.05, 0) is 18.2 Å². The molecule has 1 amide bonds. The number of carbonyl (C=O) groups is 1. The van der Waals surface area contributed by atoms with Crippen LogP contribution in [0.5, 0.6) is 0 Å². The molecule has 0 radical (unpaired) electrons. The zero-order valence-corrected chi connectivity index (χ0v) is 12.0. The maximum atomic E-state index is 12.0. The maximum absolute atomic E-state index is 12.0. The third-order valence-corrected chi connectivity index (χ3v) is 3.32. The molecule has 0 fully saturated rings. The summed E-state index contributed by atoms with van der Waals surface area (Å²) < 4.78 is 0. The van der Waals surface area contributed by atoms with Crippen LogP contribution < -0.4 is 10.2 Å². The molecule has 1 N–H and O–H groups in total. The second kappa shape index (κ2) is 6.66. The number of aliphatic imine (C=N–C) groups is 1. The summed E-state index contributed by atoms with van der Waals surface area (Å²) in [7, 11) is 3.90. The third kappa shape index (κ3) is 3.65. The second-order valence-corrected chi connectivity index (χ2v) is 5.02. The predicted molar refractivity (Wildman–Crippen MR) is 80.2 cm³/mol. The van der Waals surface area contributed by atoms with E-state index in [4.69, 9.17) is 0 Å². The number of hydrogen-bond donors (Lipinski definition) is 1. The van der Waals surface area contributed by atoms with Crippen LogP contribution in [0, 0.1) is 0 Å². The topological polar surface area (TPSA) is 44.7 Å². The highest BCUT2D eigenvalue weighted by Crippen LogP contribution is 2.14. The lowest BCUT2D eigenvalue weighted by molar-refractivity contribution is 0.0978. The lowest BCUT2D eigenvalue weighted by atomic mass is 10.2. The van der Waals surface area contributed by atoms with Gasteiger partial charge < -0.3 is 10.2 Å². The van der Waals surface area contributed by atoms with Crippen LogP contribution in [0.4, 0.5) is 5.69 Å². The van der Waals surface area contributed by atoms with Crippen LogP contribution in [0.15, 0.2) is 29.3 Å². The van der Waals surface area contributed by atoms with Gasteiger partial charge in [-0.15, -0.1) is 12.4 Å². The fourth-order valence-corrected chi connectivity index (χ4v) is 2.23. The molecule has 2 rings (SSSR count). The van der Waals surface area contributed by atoms with Crippen LogP contribution in [0.1, 0.15) is 10.4 Å². The van der Waals surface area contributed by atoms with Crippen molar-refractivity contribution in [2.45, 2.75) is 0 Å². The summed E-state index contributed by atoms with van der Waals surface area (Å²) in [6.45, 7) is 0.790. The molecule has 0 spiro atoms. The van der Waals surface area contributed by atoms with Gasteiger partial charge in [-0.3, -0.25) is 9.79 Å². The Morgan fingerprint density at radius 1 is 1.44 bits per heavy atom. The highest BCUT2D eigenvalue weighted by Gasteiger charge is 2.12. The summed E-state index contributed by atoms with van der Waals surface area (Å²) in [5.41, 5.74) is 1.67. The van der Waals surface area contributed by atoms with E-state index in [1.165, 1.54) is 0 Å². The molecule has 98 valence electrons. The molecule has 1 aliphatic heterocycles. The minimum atomic E-state index is -0.0955. The number of anilines is 1. The number of rotatable bonds is 2. The minimum Gasteiger partial charge on any atom is -0.378 e. The number of halogens is 1. The number of carbonyl (C=O) groups excluding carboxylic acids is 1. The van der Waals surface area contributed by atoms with Crippen molar-refractivity contribution >= 4 is 40.9 Å². The average Bonchev–Trinajstić information content (AvgIpc) is 2.82. The van der Waals surface area contributed by atoms with Gasteiger partial charge in [0.15, 0.2) is 5.17 Å². The molecule has 1 aliphatic rings. The lowest BCUT2D eigenvalue weighted by Crippen LogP contribution is -2.27. The Kier molecular flexibility index (Phi) is 5.50. The quantitative estimate of drug-likeness (QED) is 0.904. The Hall–Kier alpha value is -1.20. The van der Waals surface area contributed by atoms with Gasteiger partial charge in [0, 0.05) is 31.1 Å². The van der Waals surface area contributed by atoms with E-state index in [-0.39, 0.29) is 18.3 Å². The van der Waals surface area contributed by atoms with E-state index in [9.17, 15) is 4.79 Å². The molecule has 0 saturated heterocycles. The van der Waals surface area contributed by atoms with Gasteiger partial charge in [0.05, 0.1) is 6.54 Å². The van der Waals surface area contributed by atoms with Crippen molar-refractivity contribution in [1.29, 1.82) is 0 Å². The molecule has 0 bridgehead atoms. The molecule has 6 heteroatoms. The average molecular weight is 286 g/mol. The smallest absolute Gasteiger partial charge is 0.257 e. The Morgan fingerprint density at radius 2 is 2.22 bits per heavy atom. The summed E-state index contributed by atoms with van der Waals surface area (Å²) in [5, 5.41) is 3.54. The summed E-state index contributed by atoms with van der Waals surface area (Å²) in [4.78, 5) is 18.1. The van der Waals surface area contributed by atoms with E-state index in [1.54, 1.807) is 11.8 Å². The van der Waals surface area contributed by atoms with Crippen LogP contribution in [-0.2, 0) is 0 Å². The molecule has 1 heterocycles. The van der Waals surface area contributed by atoms with Crippen molar-refractivity contribution in [2.24, 2.45) is 4.99 Å². The van der Waals surface area contributed by atoms with E-state index in [0.717, 1.165) is 23.2 Å². The van der Waals surface area contributed by atoms with Crippen LogP contribution in [0.2, 0.25) is 0 Å². The molecule has 0 atom stereocenters. The first-order chi connectivity index (χ1) is 8.16. The highest BCUT2D eigenvalue weighted by atomic mass is 35.5. The number of thioether (sulfide) groups is 1. The molecular formula is C12H16ClN3OS. The fourth-order valence-electron chi connectivity index (χ4n) is 1.51. The normalized spacial score (nSPS) is 13.6. The van der Waals surface area contributed by atoms with Gasteiger partial charge in [0.25, 0.3) is 5.91 Å². The molecule has 0 aromatic heterocycles. The molecule has 0 unspecified atom stereocenters. The molecule has 1 aromatic carbocycles. The van der Waals surface area contributed by atoms with Gasteiger partial charge in [0.1, 0.15) is 0 Å². The van der Waals surface area contributed by atoms with Crippen molar-refractivity contribution in [1.82, 2.24) is 5.32 Å². The first kappa shape index (κ1) is 14.9. The Labute approximate surface area is 117 Å². The van der Waals surface area contributed by atoms with Crippen molar-refractivity contribution in [3.8, 4) is 0 Å². The first-order valence-electron chi connectivity index (χ1n) is 5.43.